The second kappa shape index (κ2) is 13.2. The number of anilines is 3. The van der Waals surface area contributed by atoms with Gasteiger partial charge >= 0.3 is 0 Å². The first-order valence-electron chi connectivity index (χ1n) is 16.4. The van der Waals surface area contributed by atoms with Crippen LogP contribution in [0.4, 0.5) is 17.1 Å². The monoisotopic (exact) mass is 712 g/mol. The van der Waals surface area contributed by atoms with Crippen LogP contribution >= 0.6 is 27.3 Å². The van der Waals surface area contributed by atoms with Crippen molar-refractivity contribution in [3.05, 3.63) is 181 Å². The molecule has 0 unspecified atom stereocenters. The summed E-state index contributed by atoms with van der Waals surface area (Å²) in [4.78, 5) is 2.36. The van der Waals surface area contributed by atoms with Gasteiger partial charge in [0.25, 0.3) is 0 Å². The molecule has 0 N–H and O–H groups in total. The fourth-order valence-corrected chi connectivity index (χ4v) is 8.34. The highest BCUT2D eigenvalue weighted by atomic mass is 79.9. The molecule has 2 aromatic heterocycles. The van der Waals surface area contributed by atoms with Gasteiger partial charge in [-0.05, 0) is 96.9 Å². The first-order chi connectivity index (χ1) is 24.1. The molecule has 0 aliphatic heterocycles. The predicted molar refractivity (Wildman–Crippen MR) is 217 cm³/mol. The van der Waals surface area contributed by atoms with Gasteiger partial charge in [0.05, 0.1) is 11.0 Å². The Balaban J connectivity index is 0.00000112. The second-order valence-corrected chi connectivity index (χ2v) is 14.0. The Morgan fingerprint density at radius 1 is 0.531 bits per heavy atom. The number of hydrogen-bond acceptors (Lipinski definition) is 2. The van der Waals surface area contributed by atoms with Crippen molar-refractivity contribution >= 4 is 86.3 Å². The Hall–Kier alpha value is -5.42. The SMILES string of the molecule is Brc1cc(-c2cccc(-n3c4ccccc4c4ccccc43)c2)cc(N(c2ccccc2)c2ccc3sc4ccccc4c3c2)c1.C=CC. The Morgan fingerprint density at radius 2 is 1.16 bits per heavy atom. The van der Waals surface area contributed by atoms with Crippen molar-refractivity contribution in [3.8, 4) is 16.8 Å². The average molecular weight is 714 g/mol. The van der Waals surface area contributed by atoms with Crippen molar-refractivity contribution in [2.45, 2.75) is 6.92 Å². The van der Waals surface area contributed by atoms with Gasteiger partial charge in [0.15, 0.2) is 0 Å². The predicted octanol–water partition coefficient (Wildman–Crippen LogP) is 14.2. The maximum Gasteiger partial charge on any atom is 0.0541 e. The number of rotatable bonds is 5. The van der Waals surface area contributed by atoms with Gasteiger partial charge in [-0.2, -0.15) is 0 Å². The maximum atomic E-state index is 3.88. The van der Waals surface area contributed by atoms with Crippen LogP contribution in [-0.2, 0) is 0 Å². The highest BCUT2D eigenvalue weighted by Gasteiger charge is 2.17. The minimum atomic E-state index is 1.03. The van der Waals surface area contributed by atoms with Crippen LogP contribution in [-0.4, -0.2) is 4.57 Å². The van der Waals surface area contributed by atoms with E-state index in [0.29, 0.717) is 0 Å². The molecule has 0 radical (unpaired) electrons. The summed E-state index contributed by atoms with van der Waals surface area (Å²) in [7, 11) is 0. The number of para-hydroxylation sites is 3. The Morgan fingerprint density at radius 3 is 1.90 bits per heavy atom. The zero-order chi connectivity index (χ0) is 33.3. The minimum Gasteiger partial charge on any atom is -0.310 e. The molecule has 4 heteroatoms. The minimum absolute atomic E-state index is 1.03. The molecule has 49 heavy (non-hydrogen) atoms. The number of benzene rings is 7. The highest BCUT2D eigenvalue weighted by molar-refractivity contribution is 9.10. The molecule has 0 saturated heterocycles. The summed E-state index contributed by atoms with van der Waals surface area (Å²) in [6.45, 7) is 5.25. The van der Waals surface area contributed by atoms with E-state index in [-0.39, 0.29) is 0 Å². The molecule has 0 saturated carbocycles. The molecule has 0 atom stereocenters. The third-order valence-electron chi connectivity index (χ3n) is 8.79. The molecule has 0 aliphatic rings. The van der Waals surface area contributed by atoms with Crippen LogP contribution in [0.1, 0.15) is 6.92 Å². The summed E-state index contributed by atoms with van der Waals surface area (Å²) < 4.78 is 6.03. The molecule has 2 nitrogen and oxygen atoms in total. The summed E-state index contributed by atoms with van der Waals surface area (Å²) in [5.41, 5.74) is 9.21. The number of fused-ring (bicyclic) bond motifs is 6. The van der Waals surface area contributed by atoms with Gasteiger partial charge in [-0.25, -0.2) is 0 Å². The van der Waals surface area contributed by atoms with Gasteiger partial charge in [0, 0.05) is 58.2 Å². The standard InChI is InChI=1S/C42H27BrN2S.C3H6/c43-30-23-29(28-11-10-14-32(24-28)45-39-18-7-4-15-35(39)36-16-5-8-19-40(36)45)25-34(26-30)44(31-12-2-1-3-13-31)33-21-22-42-38(27-33)37-17-6-9-20-41(37)46-42;1-3-2/h1-27H;3H,1H2,2H3. The highest BCUT2D eigenvalue weighted by Crippen LogP contribution is 2.42. The lowest BCUT2D eigenvalue weighted by Gasteiger charge is -2.26. The molecule has 9 aromatic rings. The van der Waals surface area contributed by atoms with Crippen molar-refractivity contribution in [2.75, 3.05) is 4.90 Å². The number of thiophene rings is 1. The molecule has 0 fully saturated rings. The van der Waals surface area contributed by atoms with Crippen LogP contribution in [0.2, 0.25) is 0 Å². The first-order valence-corrected chi connectivity index (χ1v) is 18.0. The number of hydrogen-bond donors (Lipinski definition) is 0. The summed E-state index contributed by atoms with van der Waals surface area (Å²) in [5, 5.41) is 5.12. The number of allylic oxidation sites excluding steroid dienone is 1. The smallest absolute Gasteiger partial charge is 0.0541 e. The van der Waals surface area contributed by atoms with Crippen molar-refractivity contribution in [1.82, 2.24) is 4.57 Å². The molecule has 7 aromatic carbocycles. The number of nitrogens with zero attached hydrogens (tertiary/aromatic N) is 2. The van der Waals surface area contributed by atoms with Crippen LogP contribution in [0.5, 0.6) is 0 Å². The van der Waals surface area contributed by atoms with Gasteiger partial charge in [0.1, 0.15) is 0 Å². The van der Waals surface area contributed by atoms with Crippen LogP contribution in [0.3, 0.4) is 0 Å². The van der Waals surface area contributed by atoms with E-state index in [1.165, 1.54) is 42.0 Å². The largest absolute Gasteiger partial charge is 0.310 e. The Kier molecular flexibility index (Phi) is 8.34. The summed E-state index contributed by atoms with van der Waals surface area (Å²) in [6.07, 6.45) is 1.75. The van der Waals surface area contributed by atoms with Crippen molar-refractivity contribution in [1.29, 1.82) is 0 Å². The third kappa shape index (κ3) is 5.73. The molecule has 0 bridgehead atoms. The van der Waals surface area contributed by atoms with Crippen LogP contribution in [0.15, 0.2) is 181 Å². The molecular formula is C45H33BrN2S. The lowest BCUT2D eigenvalue weighted by atomic mass is 10.0. The van der Waals surface area contributed by atoms with E-state index in [9.17, 15) is 0 Å². The van der Waals surface area contributed by atoms with E-state index < -0.39 is 0 Å². The van der Waals surface area contributed by atoms with Gasteiger partial charge in [-0.1, -0.05) is 107 Å². The molecule has 0 amide bonds. The van der Waals surface area contributed by atoms with E-state index in [1.807, 2.05) is 18.3 Å². The zero-order valence-corrected chi connectivity index (χ0v) is 29.5. The van der Waals surface area contributed by atoms with E-state index in [4.69, 9.17) is 0 Å². The zero-order valence-electron chi connectivity index (χ0n) is 27.1. The lowest BCUT2D eigenvalue weighted by Crippen LogP contribution is -2.10. The van der Waals surface area contributed by atoms with Gasteiger partial charge in [-0.15, -0.1) is 17.9 Å². The molecule has 9 rings (SSSR count). The fraction of sp³-hybridized carbons (Fsp3) is 0.0222. The quantitative estimate of drug-likeness (QED) is 0.161. The third-order valence-corrected chi connectivity index (χ3v) is 10.4. The normalized spacial score (nSPS) is 11.1. The van der Waals surface area contributed by atoms with Crippen molar-refractivity contribution in [3.63, 3.8) is 0 Å². The second-order valence-electron chi connectivity index (χ2n) is 12.0. The average Bonchev–Trinajstić information content (AvgIpc) is 3.68. The van der Waals surface area contributed by atoms with Crippen molar-refractivity contribution in [2.24, 2.45) is 0 Å². The van der Waals surface area contributed by atoms with E-state index >= 15 is 0 Å². The molecule has 236 valence electrons. The van der Waals surface area contributed by atoms with Crippen LogP contribution < -0.4 is 4.90 Å². The topological polar surface area (TPSA) is 8.17 Å². The van der Waals surface area contributed by atoms with Crippen LogP contribution in [0, 0.1) is 0 Å². The van der Waals surface area contributed by atoms with E-state index in [1.54, 1.807) is 6.08 Å². The van der Waals surface area contributed by atoms with Crippen LogP contribution in [0.25, 0.3) is 58.8 Å². The molecule has 0 aliphatic carbocycles. The van der Waals surface area contributed by atoms with Gasteiger partial charge in [0.2, 0.25) is 0 Å². The molecule has 2 heterocycles. The lowest BCUT2D eigenvalue weighted by molar-refractivity contribution is 1.18. The number of aromatic nitrogens is 1. The summed E-state index contributed by atoms with van der Waals surface area (Å²) in [6, 6.07) is 59.1. The maximum absolute atomic E-state index is 3.88. The van der Waals surface area contributed by atoms with Gasteiger partial charge < -0.3 is 9.47 Å². The summed E-state index contributed by atoms with van der Waals surface area (Å²) in [5.74, 6) is 0. The molecular weight excluding hydrogens is 680 g/mol. The Labute approximate surface area is 298 Å². The summed E-state index contributed by atoms with van der Waals surface area (Å²) >= 11 is 5.73. The Bertz CT molecular complexity index is 2560. The molecule has 0 spiro atoms. The van der Waals surface area contributed by atoms with Crippen molar-refractivity contribution < 1.29 is 0 Å². The first kappa shape index (κ1) is 30.9. The fourth-order valence-electron chi connectivity index (χ4n) is 6.77. The van der Waals surface area contributed by atoms with E-state index in [2.05, 4.69) is 196 Å². The number of halogens is 1. The van der Waals surface area contributed by atoms with Gasteiger partial charge in [-0.3, -0.25) is 0 Å². The van der Waals surface area contributed by atoms with E-state index in [0.717, 1.165) is 38.3 Å².